The molecule has 0 unspecified atom stereocenters. The molecule has 0 aliphatic carbocycles. The van der Waals surface area contributed by atoms with Crippen LogP contribution in [-0.4, -0.2) is 42.2 Å². The molecule has 1 aliphatic rings. The predicted molar refractivity (Wildman–Crippen MR) is 77.5 cm³/mol. The van der Waals surface area contributed by atoms with Gasteiger partial charge in [0, 0.05) is 19.7 Å². The molecule has 4 nitrogen and oxygen atoms in total. The normalized spacial score (nSPS) is 17.6. The van der Waals surface area contributed by atoms with E-state index in [0.29, 0.717) is 13.1 Å². The van der Waals surface area contributed by atoms with Gasteiger partial charge in [-0.1, -0.05) is 19.1 Å². The molecule has 0 radical (unpaired) electrons. The number of benzene rings is 1. The van der Waals surface area contributed by atoms with E-state index in [1.54, 1.807) is 17.0 Å². The quantitative estimate of drug-likeness (QED) is 0.906. The minimum atomic E-state index is -0.464. The Bertz CT molecular complexity index is 478. The number of carbonyl (C=O) groups is 1. The molecule has 0 atom stereocenters. The zero-order chi connectivity index (χ0) is 15.3. The highest BCUT2D eigenvalue weighted by atomic mass is 19.1. The third-order valence-corrected chi connectivity index (χ3v) is 4.45. The Balaban J connectivity index is 1.84. The molecule has 116 valence electrons. The van der Waals surface area contributed by atoms with Crippen LogP contribution in [0, 0.1) is 11.2 Å². The molecule has 1 fully saturated rings. The summed E-state index contributed by atoms with van der Waals surface area (Å²) in [5.74, 6) is -0.503. The molecule has 1 saturated heterocycles. The molecule has 0 spiro atoms. The monoisotopic (exact) mass is 295 g/mol. The van der Waals surface area contributed by atoms with Crippen LogP contribution < -0.4 is 4.74 Å². The summed E-state index contributed by atoms with van der Waals surface area (Å²) < 4.78 is 18.6. The molecule has 1 amide bonds. The van der Waals surface area contributed by atoms with Crippen molar-refractivity contribution >= 4 is 5.91 Å². The van der Waals surface area contributed by atoms with E-state index in [4.69, 9.17) is 4.74 Å². The molecular formula is C16H22FNO3. The number of halogens is 1. The van der Waals surface area contributed by atoms with Gasteiger partial charge in [-0.05, 0) is 36.8 Å². The Kier molecular flexibility index (Phi) is 5.17. The fraction of sp³-hybridized carbons (Fsp3) is 0.562. The average Bonchev–Trinajstić information content (AvgIpc) is 2.54. The van der Waals surface area contributed by atoms with E-state index >= 15 is 0 Å². The summed E-state index contributed by atoms with van der Waals surface area (Å²) in [5.41, 5.74) is -0.0524. The lowest BCUT2D eigenvalue weighted by Crippen LogP contribution is -2.46. The van der Waals surface area contributed by atoms with Crippen LogP contribution in [0.5, 0.6) is 5.75 Å². The first kappa shape index (κ1) is 15.8. The van der Waals surface area contributed by atoms with Gasteiger partial charge in [0.15, 0.2) is 18.2 Å². The van der Waals surface area contributed by atoms with Gasteiger partial charge >= 0.3 is 0 Å². The van der Waals surface area contributed by atoms with Crippen LogP contribution >= 0.6 is 0 Å². The maximum absolute atomic E-state index is 13.4. The van der Waals surface area contributed by atoms with Crippen molar-refractivity contribution in [1.29, 1.82) is 0 Å². The summed E-state index contributed by atoms with van der Waals surface area (Å²) in [6, 6.07) is 6.05. The lowest BCUT2D eigenvalue weighted by molar-refractivity contribution is -0.136. The Morgan fingerprint density at radius 2 is 2.05 bits per heavy atom. The molecule has 0 saturated carbocycles. The lowest BCUT2D eigenvalue weighted by atomic mass is 9.77. The zero-order valence-corrected chi connectivity index (χ0v) is 12.3. The van der Waals surface area contributed by atoms with Crippen molar-refractivity contribution in [3.8, 4) is 5.75 Å². The third kappa shape index (κ3) is 3.73. The number of hydrogen-bond acceptors (Lipinski definition) is 3. The van der Waals surface area contributed by atoms with E-state index in [9.17, 15) is 14.3 Å². The van der Waals surface area contributed by atoms with Gasteiger partial charge in [0.1, 0.15) is 0 Å². The van der Waals surface area contributed by atoms with Gasteiger partial charge in [-0.25, -0.2) is 4.39 Å². The van der Waals surface area contributed by atoms with Gasteiger partial charge < -0.3 is 14.7 Å². The summed E-state index contributed by atoms with van der Waals surface area (Å²) in [5, 5.41) is 9.48. The largest absolute Gasteiger partial charge is 0.481 e. The van der Waals surface area contributed by atoms with Crippen molar-refractivity contribution in [2.75, 3.05) is 26.3 Å². The van der Waals surface area contributed by atoms with E-state index in [1.807, 2.05) is 0 Å². The van der Waals surface area contributed by atoms with Gasteiger partial charge in [0.05, 0.1) is 0 Å². The Morgan fingerprint density at radius 3 is 2.62 bits per heavy atom. The summed E-state index contributed by atoms with van der Waals surface area (Å²) >= 11 is 0. The Morgan fingerprint density at radius 1 is 1.38 bits per heavy atom. The van der Waals surface area contributed by atoms with Crippen LogP contribution in [0.1, 0.15) is 26.2 Å². The average molecular weight is 295 g/mol. The number of para-hydroxylation sites is 1. The van der Waals surface area contributed by atoms with Crippen LogP contribution in [0.2, 0.25) is 0 Å². The van der Waals surface area contributed by atoms with Crippen LogP contribution in [0.25, 0.3) is 0 Å². The molecule has 1 aliphatic heterocycles. The predicted octanol–water partition coefficient (Wildman–Crippen LogP) is 2.22. The van der Waals surface area contributed by atoms with Gasteiger partial charge in [0.2, 0.25) is 0 Å². The van der Waals surface area contributed by atoms with E-state index in [2.05, 4.69) is 6.92 Å². The van der Waals surface area contributed by atoms with Crippen molar-refractivity contribution in [2.45, 2.75) is 26.2 Å². The van der Waals surface area contributed by atoms with Crippen molar-refractivity contribution in [3.05, 3.63) is 30.1 Å². The van der Waals surface area contributed by atoms with Crippen molar-refractivity contribution in [1.82, 2.24) is 4.90 Å². The number of aliphatic hydroxyl groups is 1. The van der Waals surface area contributed by atoms with E-state index in [-0.39, 0.29) is 30.3 Å². The lowest BCUT2D eigenvalue weighted by Gasteiger charge is -2.40. The fourth-order valence-corrected chi connectivity index (χ4v) is 2.65. The van der Waals surface area contributed by atoms with E-state index in [0.717, 1.165) is 19.3 Å². The molecule has 2 rings (SSSR count). The maximum atomic E-state index is 13.4. The number of likely N-dealkylation sites (tertiary alicyclic amines) is 1. The fourth-order valence-electron chi connectivity index (χ4n) is 2.65. The molecular weight excluding hydrogens is 273 g/mol. The smallest absolute Gasteiger partial charge is 0.260 e. The third-order valence-electron chi connectivity index (χ3n) is 4.45. The molecule has 1 aromatic carbocycles. The van der Waals surface area contributed by atoms with Crippen molar-refractivity contribution in [3.63, 3.8) is 0 Å². The number of ether oxygens (including phenoxy) is 1. The minimum absolute atomic E-state index is 0.0524. The standard InChI is InChI=1S/C16H22FNO3/c1-2-16(12-19)7-9-18(10-8-16)15(20)11-21-14-6-4-3-5-13(14)17/h3-6,19H,2,7-12H2,1H3. The highest BCUT2D eigenvalue weighted by Gasteiger charge is 2.33. The summed E-state index contributed by atoms with van der Waals surface area (Å²) in [6.07, 6.45) is 2.51. The van der Waals surface area contributed by atoms with Gasteiger partial charge in [-0.15, -0.1) is 0 Å². The second-order valence-corrected chi connectivity index (χ2v) is 5.61. The number of hydrogen-bond donors (Lipinski definition) is 1. The number of rotatable bonds is 5. The van der Waals surface area contributed by atoms with Crippen molar-refractivity contribution in [2.24, 2.45) is 5.41 Å². The number of aliphatic hydroxyl groups excluding tert-OH is 1. The summed E-state index contributed by atoms with van der Waals surface area (Å²) in [7, 11) is 0. The number of nitrogens with zero attached hydrogens (tertiary/aromatic N) is 1. The van der Waals surface area contributed by atoms with Crippen LogP contribution in [0.3, 0.4) is 0 Å². The molecule has 0 aromatic heterocycles. The number of piperidine rings is 1. The number of amides is 1. The molecule has 21 heavy (non-hydrogen) atoms. The maximum Gasteiger partial charge on any atom is 0.260 e. The van der Waals surface area contributed by atoms with Crippen LogP contribution in [0.4, 0.5) is 4.39 Å². The Labute approximate surface area is 124 Å². The first-order valence-corrected chi connectivity index (χ1v) is 7.36. The topological polar surface area (TPSA) is 49.8 Å². The highest BCUT2D eigenvalue weighted by molar-refractivity contribution is 5.77. The SMILES string of the molecule is CCC1(CO)CCN(C(=O)COc2ccccc2F)CC1. The number of carbonyl (C=O) groups excluding carboxylic acids is 1. The van der Waals surface area contributed by atoms with Crippen molar-refractivity contribution < 1.29 is 19.0 Å². The van der Waals surface area contributed by atoms with Crippen LogP contribution in [0.15, 0.2) is 24.3 Å². The van der Waals surface area contributed by atoms with E-state index < -0.39 is 5.82 Å². The van der Waals surface area contributed by atoms with Gasteiger partial charge in [0.25, 0.3) is 5.91 Å². The van der Waals surface area contributed by atoms with Crippen LogP contribution in [-0.2, 0) is 4.79 Å². The summed E-state index contributed by atoms with van der Waals surface area (Å²) in [4.78, 5) is 13.8. The minimum Gasteiger partial charge on any atom is -0.481 e. The molecule has 1 aromatic rings. The second-order valence-electron chi connectivity index (χ2n) is 5.61. The van der Waals surface area contributed by atoms with E-state index in [1.165, 1.54) is 12.1 Å². The molecule has 1 N–H and O–H groups in total. The first-order valence-electron chi connectivity index (χ1n) is 7.36. The second kappa shape index (κ2) is 6.89. The van der Waals surface area contributed by atoms with Gasteiger partial charge in [-0.2, -0.15) is 0 Å². The Hall–Kier alpha value is -1.62. The highest BCUT2D eigenvalue weighted by Crippen LogP contribution is 2.34. The zero-order valence-electron chi connectivity index (χ0n) is 12.3. The molecule has 0 bridgehead atoms. The summed E-state index contributed by atoms with van der Waals surface area (Å²) in [6.45, 7) is 3.31. The first-order chi connectivity index (χ1) is 10.1. The van der Waals surface area contributed by atoms with Gasteiger partial charge in [-0.3, -0.25) is 4.79 Å². The molecule has 5 heteroatoms. The molecule has 1 heterocycles.